The molecule has 1 saturated carbocycles. The van der Waals surface area contributed by atoms with Crippen LogP contribution in [0.15, 0.2) is 0 Å². The Morgan fingerprint density at radius 1 is 1.06 bits per heavy atom. The van der Waals surface area contributed by atoms with Crippen LogP contribution in [0.5, 0.6) is 0 Å². The second kappa shape index (κ2) is 13.5. The van der Waals surface area contributed by atoms with Gasteiger partial charge in [0, 0.05) is 50.1 Å². The molecule has 0 bridgehead atoms. The number of hydrogen-bond donors (Lipinski definition) is 2. The fourth-order valence-corrected chi connectivity index (χ4v) is 6.19. The standard InChI is InChI=1S/C25H37N3O5S/c1-5-7-20(29)17-10-12-19(13-11-17)28-22(30)14-21(25(28)33)34-15-18(24(32)27-4)9-8-16(6-2)23(31)26-3/h1,16-19,21H,6-15H2,2-4H3,(H,26,31)(H,27,32). The second-order valence-corrected chi connectivity index (χ2v) is 10.3. The van der Waals surface area contributed by atoms with E-state index in [1.54, 1.807) is 14.1 Å². The largest absolute Gasteiger partial charge is 0.359 e. The first-order valence-corrected chi connectivity index (χ1v) is 13.2. The number of imide groups is 1. The quantitative estimate of drug-likeness (QED) is 0.319. The number of nitrogens with zero attached hydrogens (tertiary/aromatic N) is 1. The highest BCUT2D eigenvalue weighted by Crippen LogP contribution is 2.35. The van der Waals surface area contributed by atoms with E-state index in [9.17, 15) is 24.0 Å². The number of carbonyl (C=O) groups excluding carboxylic acids is 5. The second-order valence-electron chi connectivity index (χ2n) is 9.09. The molecule has 9 heteroatoms. The van der Waals surface area contributed by atoms with Gasteiger partial charge in [0.25, 0.3) is 0 Å². The van der Waals surface area contributed by atoms with Crippen LogP contribution in [0, 0.1) is 30.1 Å². The third-order valence-corrected chi connectivity index (χ3v) is 8.39. The molecule has 0 radical (unpaired) electrons. The fraction of sp³-hybridized carbons (Fsp3) is 0.720. The molecule has 4 amide bonds. The molecule has 2 fully saturated rings. The van der Waals surface area contributed by atoms with Crippen LogP contribution in [0.2, 0.25) is 0 Å². The zero-order valence-electron chi connectivity index (χ0n) is 20.4. The molecule has 3 unspecified atom stereocenters. The van der Waals surface area contributed by atoms with Crippen LogP contribution in [0.25, 0.3) is 0 Å². The number of terminal acetylenes is 1. The lowest BCUT2D eigenvalue weighted by molar-refractivity contribution is -0.142. The maximum absolute atomic E-state index is 13.1. The molecule has 1 aliphatic carbocycles. The van der Waals surface area contributed by atoms with Crippen LogP contribution in [0.1, 0.15) is 64.7 Å². The van der Waals surface area contributed by atoms with Crippen molar-refractivity contribution < 1.29 is 24.0 Å². The first-order valence-electron chi connectivity index (χ1n) is 12.1. The van der Waals surface area contributed by atoms with Crippen LogP contribution in [0.4, 0.5) is 0 Å². The van der Waals surface area contributed by atoms with Crippen LogP contribution >= 0.6 is 11.8 Å². The van der Waals surface area contributed by atoms with E-state index in [2.05, 4.69) is 16.6 Å². The van der Waals surface area contributed by atoms with Crippen LogP contribution in [-0.4, -0.2) is 65.5 Å². The summed E-state index contributed by atoms with van der Waals surface area (Å²) >= 11 is 1.35. The molecule has 1 heterocycles. The summed E-state index contributed by atoms with van der Waals surface area (Å²) in [6.45, 7) is 1.94. The van der Waals surface area contributed by atoms with E-state index < -0.39 is 5.25 Å². The molecule has 1 aliphatic heterocycles. The summed E-state index contributed by atoms with van der Waals surface area (Å²) in [7, 11) is 3.18. The van der Waals surface area contributed by atoms with Crippen molar-refractivity contribution in [1.82, 2.24) is 15.5 Å². The topological polar surface area (TPSA) is 113 Å². The van der Waals surface area contributed by atoms with Gasteiger partial charge in [0.1, 0.15) is 5.78 Å². The van der Waals surface area contributed by atoms with Crippen molar-refractivity contribution in [2.75, 3.05) is 19.8 Å². The number of nitrogens with one attached hydrogen (secondary N) is 2. The molecule has 2 N–H and O–H groups in total. The lowest BCUT2D eigenvalue weighted by atomic mass is 9.82. The minimum atomic E-state index is -0.499. The molecule has 0 aromatic rings. The van der Waals surface area contributed by atoms with E-state index in [-0.39, 0.29) is 66.0 Å². The number of likely N-dealkylation sites (tertiary alicyclic amines) is 1. The Morgan fingerprint density at radius 3 is 2.21 bits per heavy atom. The van der Waals surface area contributed by atoms with E-state index in [0.29, 0.717) is 50.7 Å². The summed E-state index contributed by atoms with van der Waals surface area (Å²) in [4.78, 5) is 63.6. The predicted octanol–water partition coefficient (Wildman–Crippen LogP) is 1.91. The molecular formula is C25H37N3O5S. The van der Waals surface area contributed by atoms with E-state index >= 15 is 0 Å². The maximum atomic E-state index is 13.1. The van der Waals surface area contributed by atoms with Crippen molar-refractivity contribution in [3.8, 4) is 12.3 Å². The molecular weight excluding hydrogens is 454 g/mol. The third kappa shape index (κ3) is 7.08. The average Bonchev–Trinajstić information content (AvgIpc) is 3.13. The van der Waals surface area contributed by atoms with E-state index in [1.807, 2.05) is 6.92 Å². The van der Waals surface area contributed by atoms with Gasteiger partial charge in [0.05, 0.1) is 11.7 Å². The van der Waals surface area contributed by atoms with Gasteiger partial charge in [-0.2, -0.15) is 0 Å². The zero-order chi connectivity index (χ0) is 25.3. The number of amides is 4. The zero-order valence-corrected chi connectivity index (χ0v) is 21.2. The van der Waals surface area contributed by atoms with Crippen LogP contribution in [0.3, 0.4) is 0 Å². The minimum Gasteiger partial charge on any atom is -0.359 e. The van der Waals surface area contributed by atoms with Gasteiger partial charge in [-0.15, -0.1) is 18.2 Å². The van der Waals surface area contributed by atoms with Gasteiger partial charge in [-0.25, -0.2) is 0 Å². The highest BCUT2D eigenvalue weighted by Gasteiger charge is 2.44. The van der Waals surface area contributed by atoms with Gasteiger partial charge >= 0.3 is 0 Å². The molecule has 1 saturated heterocycles. The monoisotopic (exact) mass is 491 g/mol. The van der Waals surface area contributed by atoms with Crippen molar-refractivity contribution >= 4 is 41.2 Å². The maximum Gasteiger partial charge on any atom is 0.243 e. The van der Waals surface area contributed by atoms with E-state index in [0.717, 1.165) is 0 Å². The molecule has 2 rings (SSSR count). The summed E-state index contributed by atoms with van der Waals surface area (Å²) in [6, 6.07) is -0.173. The Labute approximate surface area is 206 Å². The summed E-state index contributed by atoms with van der Waals surface area (Å²) in [6.07, 6.45) is 9.83. The molecule has 188 valence electrons. The predicted molar refractivity (Wildman–Crippen MR) is 132 cm³/mol. The number of thioether (sulfide) groups is 1. The van der Waals surface area contributed by atoms with Gasteiger partial charge in [0.15, 0.2) is 0 Å². The highest BCUT2D eigenvalue weighted by molar-refractivity contribution is 8.00. The highest BCUT2D eigenvalue weighted by atomic mass is 32.2. The lowest BCUT2D eigenvalue weighted by Gasteiger charge is -2.33. The minimum absolute atomic E-state index is 0.0336. The fourth-order valence-electron chi connectivity index (χ4n) is 4.89. The number of Topliss-reactive ketones (excluding diaryl/α,β-unsaturated/α-hetero) is 1. The Bertz CT molecular complexity index is 816. The normalized spacial score (nSPS) is 24.3. The molecule has 3 atom stereocenters. The first kappa shape index (κ1) is 27.9. The smallest absolute Gasteiger partial charge is 0.243 e. The molecule has 34 heavy (non-hydrogen) atoms. The SMILES string of the molecule is C#CCC(=O)C1CCC(N2C(=O)CC(SCC(CCC(CC)C(=O)NC)C(=O)NC)C2=O)CC1. The van der Waals surface area contributed by atoms with E-state index in [1.165, 1.54) is 16.7 Å². The Morgan fingerprint density at radius 2 is 1.65 bits per heavy atom. The molecule has 8 nitrogen and oxygen atoms in total. The lowest BCUT2D eigenvalue weighted by Crippen LogP contribution is -2.43. The van der Waals surface area contributed by atoms with E-state index in [4.69, 9.17) is 6.42 Å². The van der Waals surface area contributed by atoms with Gasteiger partial charge < -0.3 is 10.6 Å². The van der Waals surface area contributed by atoms with Crippen molar-refractivity contribution in [3.63, 3.8) is 0 Å². The van der Waals surface area contributed by atoms with Crippen molar-refractivity contribution in [1.29, 1.82) is 0 Å². The molecule has 0 aromatic heterocycles. The molecule has 0 aromatic carbocycles. The van der Waals surface area contributed by atoms with Crippen molar-refractivity contribution in [2.24, 2.45) is 17.8 Å². The van der Waals surface area contributed by atoms with Crippen molar-refractivity contribution in [2.45, 2.75) is 76.0 Å². The number of rotatable bonds is 12. The molecule has 2 aliphatic rings. The summed E-state index contributed by atoms with van der Waals surface area (Å²) in [5, 5.41) is 4.84. The van der Waals surface area contributed by atoms with Crippen LogP contribution < -0.4 is 10.6 Å². The number of ketones is 1. The average molecular weight is 492 g/mol. The van der Waals surface area contributed by atoms with Gasteiger partial charge in [0.2, 0.25) is 23.6 Å². The van der Waals surface area contributed by atoms with Gasteiger partial charge in [-0.05, 0) is 44.9 Å². The van der Waals surface area contributed by atoms with Crippen LogP contribution in [-0.2, 0) is 24.0 Å². The van der Waals surface area contributed by atoms with Gasteiger partial charge in [-0.1, -0.05) is 12.8 Å². The van der Waals surface area contributed by atoms with Gasteiger partial charge in [-0.3, -0.25) is 28.9 Å². The first-order chi connectivity index (χ1) is 16.3. The Kier molecular flexibility index (Phi) is 11.1. The summed E-state index contributed by atoms with van der Waals surface area (Å²) in [5.74, 6) is 1.76. The molecule has 0 spiro atoms. The summed E-state index contributed by atoms with van der Waals surface area (Å²) in [5.41, 5.74) is 0. The van der Waals surface area contributed by atoms with Crippen molar-refractivity contribution in [3.05, 3.63) is 0 Å². The summed E-state index contributed by atoms with van der Waals surface area (Å²) < 4.78 is 0. The third-order valence-electron chi connectivity index (χ3n) is 7.02. The Balaban J connectivity index is 1.92. The number of hydrogen-bond acceptors (Lipinski definition) is 6. The number of carbonyl (C=O) groups is 5. The Hall–Kier alpha value is -2.34.